The molecule has 3 aliphatic carbocycles. The summed E-state index contributed by atoms with van der Waals surface area (Å²) in [5.74, 6) is 1.36. The van der Waals surface area contributed by atoms with Crippen LogP contribution < -0.4 is 0 Å². The molecule has 2 unspecified atom stereocenters. The second kappa shape index (κ2) is 7.89. The Balaban J connectivity index is 1.76. The zero-order valence-electron chi connectivity index (χ0n) is 19.0. The van der Waals surface area contributed by atoms with Crippen molar-refractivity contribution in [3.8, 4) is 0 Å². The third kappa shape index (κ3) is 4.21. The molecule has 0 amide bonds. The van der Waals surface area contributed by atoms with E-state index in [9.17, 15) is 4.79 Å². The Morgan fingerprint density at radius 2 is 1.93 bits per heavy atom. The van der Waals surface area contributed by atoms with Gasteiger partial charge in [0.1, 0.15) is 0 Å². The minimum Gasteiger partial charge on any atom is -0.465 e. The standard InChI is InChI=1S/C25H41IO2/c1-7-22(2,3)16-21(27)28-17-23(4)13-9-14-24(5)18-10-8-15-25(6,26)19(18)11-12-20(23)24/h10,19-20H,7-9,11-17H2,1-6H3/t19?,20?,23-,24-,25-/m0/s1. The van der Waals surface area contributed by atoms with Gasteiger partial charge in [-0.3, -0.25) is 4.79 Å². The van der Waals surface area contributed by atoms with Crippen LogP contribution in [0.5, 0.6) is 0 Å². The molecule has 0 aliphatic heterocycles. The lowest BCUT2D eigenvalue weighted by molar-refractivity contribution is -0.155. The Morgan fingerprint density at radius 1 is 1.21 bits per heavy atom. The molecule has 0 heterocycles. The van der Waals surface area contributed by atoms with E-state index in [1.165, 1.54) is 44.9 Å². The van der Waals surface area contributed by atoms with Gasteiger partial charge in [0.05, 0.1) is 13.0 Å². The number of hydrogen-bond donors (Lipinski definition) is 0. The van der Waals surface area contributed by atoms with Crippen LogP contribution in [-0.4, -0.2) is 16.0 Å². The van der Waals surface area contributed by atoms with Crippen molar-refractivity contribution in [2.24, 2.45) is 28.1 Å². The largest absolute Gasteiger partial charge is 0.465 e. The molecule has 3 aliphatic rings. The fourth-order valence-corrected chi connectivity index (χ4v) is 7.50. The van der Waals surface area contributed by atoms with Gasteiger partial charge in [0.2, 0.25) is 0 Å². The van der Waals surface area contributed by atoms with Crippen molar-refractivity contribution in [2.75, 3.05) is 6.61 Å². The lowest BCUT2D eigenvalue weighted by Crippen LogP contribution is -2.53. The average Bonchev–Trinajstić information content (AvgIpc) is 2.60. The second-order valence-electron chi connectivity index (χ2n) is 11.4. The van der Waals surface area contributed by atoms with Gasteiger partial charge in [-0.05, 0) is 68.1 Å². The van der Waals surface area contributed by atoms with Crippen LogP contribution in [0.3, 0.4) is 0 Å². The zero-order valence-corrected chi connectivity index (χ0v) is 21.2. The van der Waals surface area contributed by atoms with Crippen LogP contribution in [0.15, 0.2) is 11.6 Å². The van der Waals surface area contributed by atoms with E-state index < -0.39 is 0 Å². The summed E-state index contributed by atoms with van der Waals surface area (Å²) in [5.41, 5.74) is 2.19. The Bertz CT molecular complexity index is 634. The number of esters is 1. The highest BCUT2D eigenvalue weighted by Gasteiger charge is 2.56. The third-order valence-corrected chi connectivity index (χ3v) is 9.99. The fraction of sp³-hybridized carbons (Fsp3) is 0.880. The molecular weight excluding hydrogens is 459 g/mol. The Morgan fingerprint density at radius 3 is 2.61 bits per heavy atom. The van der Waals surface area contributed by atoms with Crippen molar-refractivity contribution < 1.29 is 9.53 Å². The van der Waals surface area contributed by atoms with E-state index >= 15 is 0 Å². The number of ether oxygens (including phenoxy) is 1. The molecule has 0 bridgehead atoms. The maximum Gasteiger partial charge on any atom is 0.306 e. The van der Waals surface area contributed by atoms with Crippen molar-refractivity contribution in [1.29, 1.82) is 0 Å². The maximum absolute atomic E-state index is 12.5. The molecule has 160 valence electrons. The molecule has 0 saturated heterocycles. The van der Waals surface area contributed by atoms with Crippen LogP contribution >= 0.6 is 22.6 Å². The number of rotatable bonds is 5. The van der Waals surface area contributed by atoms with E-state index in [-0.39, 0.29) is 22.2 Å². The predicted octanol–water partition coefficient (Wildman–Crippen LogP) is 7.49. The Kier molecular flexibility index (Phi) is 6.37. The summed E-state index contributed by atoms with van der Waals surface area (Å²) in [6, 6.07) is 0. The van der Waals surface area contributed by atoms with Crippen molar-refractivity contribution in [1.82, 2.24) is 0 Å². The molecule has 0 spiro atoms. The summed E-state index contributed by atoms with van der Waals surface area (Å²) in [5, 5.41) is 0. The monoisotopic (exact) mass is 500 g/mol. The van der Waals surface area contributed by atoms with Crippen LogP contribution in [0.1, 0.15) is 99.3 Å². The summed E-state index contributed by atoms with van der Waals surface area (Å²) >= 11 is 2.74. The van der Waals surface area contributed by atoms with Crippen molar-refractivity contribution in [2.45, 2.75) is 103 Å². The number of allylic oxidation sites excluding steroid dienone is 2. The molecule has 0 aromatic rings. The summed E-state index contributed by atoms with van der Waals surface area (Å²) in [7, 11) is 0. The Hall–Kier alpha value is -0.0600. The molecule has 5 atom stereocenters. The van der Waals surface area contributed by atoms with Gasteiger partial charge in [-0.25, -0.2) is 0 Å². The average molecular weight is 501 g/mol. The highest BCUT2D eigenvalue weighted by atomic mass is 127. The third-order valence-electron chi connectivity index (χ3n) is 8.70. The number of fused-ring (bicyclic) bond motifs is 3. The van der Waals surface area contributed by atoms with Crippen LogP contribution in [0.4, 0.5) is 0 Å². The molecule has 3 rings (SSSR count). The van der Waals surface area contributed by atoms with Crippen LogP contribution in [0, 0.1) is 28.1 Å². The van der Waals surface area contributed by atoms with E-state index in [1.807, 2.05) is 0 Å². The van der Waals surface area contributed by atoms with Gasteiger partial charge in [-0.15, -0.1) is 0 Å². The maximum atomic E-state index is 12.5. The molecule has 3 heteroatoms. The minimum atomic E-state index is -0.00856. The lowest BCUT2D eigenvalue weighted by Gasteiger charge is -2.60. The topological polar surface area (TPSA) is 26.3 Å². The van der Waals surface area contributed by atoms with Crippen molar-refractivity contribution in [3.63, 3.8) is 0 Å². The molecule has 0 aromatic carbocycles. The predicted molar refractivity (Wildman–Crippen MR) is 126 cm³/mol. The summed E-state index contributed by atoms with van der Waals surface area (Å²) < 4.78 is 6.34. The van der Waals surface area contributed by atoms with Crippen molar-refractivity contribution in [3.05, 3.63) is 11.6 Å². The number of hydrogen-bond acceptors (Lipinski definition) is 2. The first kappa shape index (κ1) is 22.6. The van der Waals surface area contributed by atoms with Gasteiger partial charge in [-0.1, -0.05) is 81.7 Å². The highest BCUT2D eigenvalue weighted by Crippen LogP contribution is 2.64. The summed E-state index contributed by atoms with van der Waals surface area (Å²) in [4.78, 5) is 12.5. The zero-order chi connectivity index (χ0) is 20.8. The van der Waals surface area contributed by atoms with E-state index in [2.05, 4.69) is 70.2 Å². The molecule has 28 heavy (non-hydrogen) atoms. The number of carbonyl (C=O) groups excluding carboxylic acids is 1. The minimum absolute atomic E-state index is 0.00856. The van der Waals surface area contributed by atoms with Crippen molar-refractivity contribution >= 4 is 28.6 Å². The smallest absolute Gasteiger partial charge is 0.306 e. The molecule has 0 N–H and O–H groups in total. The van der Waals surface area contributed by atoms with Crippen LogP contribution in [0.25, 0.3) is 0 Å². The highest BCUT2D eigenvalue weighted by molar-refractivity contribution is 14.1. The fourth-order valence-electron chi connectivity index (χ4n) is 6.55. The Labute approximate surface area is 186 Å². The number of alkyl halides is 1. The summed E-state index contributed by atoms with van der Waals surface area (Å²) in [6.45, 7) is 14.5. The second-order valence-corrected chi connectivity index (χ2v) is 13.9. The lowest BCUT2D eigenvalue weighted by atomic mass is 9.46. The van der Waals surface area contributed by atoms with E-state index in [0.29, 0.717) is 22.4 Å². The first-order chi connectivity index (χ1) is 12.9. The van der Waals surface area contributed by atoms with E-state index in [1.54, 1.807) is 5.57 Å². The molecule has 0 radical (unpaired) electrons. The molecule has 2 nitrogen and oxygen atoms in total. The van der Waals surface area contributed by atoms with Gasteiger partial charge in [0.25, 0.3) is 0 Å². The molecular formula is C25H41IO2. The molecule has 2 fully saturated rings. The van der Waals surface area contributed by atoms with Gasteiger partial charge in [-0.2, -0.15) is 0 Å². The van der Waals surface area contributed by atoms with E-state index in [4.69, 9.17) is 4.74 Å². The van der Waals surface area contributed by atoms with Gasteiger partial charge < -0.3 is 4.74 Å². The van der Waals surface area contributed by atoms with Crippen LogP contribution in [-0.2, 0) is 9.53 Å². The van der Waals surface area contributed by atoms with Gasteiger partial charge in [0.15, 0.2) is 0 Å². The normalized spacial score (nSPS) is 40.9. The van der Waals surface area contributed by atoms with Gasteiger partial charge in [0, 0.05) is 8.84 Å². The quantitative estimate of drug-likeness (QED) is 0.169. The summed E-state index contributed by atoms with van der Waals surface area (Å²) in [6.07, 6.45) is 13.0. The van der Waals surface area contributed by atoms with Crippen LogP contribution in [0.2, 0.25) is 0 Å². The van der Waals surface area contributed by atoms with Gasteiger partial charge >= 0.3 is 5.97 Å². The SMILES string of the molecule is CCC(C)(C)CC(=O)OC[C@]1(C)CCC[C@@]2(C)C3=CCC[C@](C)(I)C3CCC12. The molecule has 2 saturated carbocycles. The number of carbonyl (C=O) groups is 1. The number of halogens is 1. The van der Waals surface area contributed by atoms with E-state index in [0.717, 1.165) is 12.3 Å². The first-order valence-corrected chi connectivity index (χ1v) is 12.6. The molecule has 0 aromatic heterocycles. The first-order valence-electron chi connectivity index (χ1n) is 11.5.